The number of rotatable bonds is 4. The SMILES string of the molecule is CC(C)NC(=O)[C@H]1CCC(=O)N1Cc1ccc(Cl)cc1. The van der Waals surface area contributed by atoms with E-state index in [0.29, 0.717) is 24.4 Å². The number of hydrogen-bond donors (Lipinski definition) is 1. The molecule has 0 aromatic heterocycles. The molecule has 1 fully saturated rings. The van der Waals surface area contributed by atoms with Crippen LogP contribution in [0.2, 0.25) is 5.02 Å². The third kappa shape index (κ3) is 3.51. The van der Waals surface area contributed by atoms with Crippen molar-refractivity contribution in [3.05, 3.63) is 34.9 Å². The number of nitrogens with one attached hydrogen (secondary N) is 1. The van der Waals surface area contributed by atoms with E-state index in [1.165, 1.54) is 0 Å². The van der Waals surface area contributed by atoms with Gasteiger partial charge in [-0.2, -0.15) is 0 Å². The van der Waals surface area contributed by atoms with Crippen LogP contribution in [0.15, 0.2) is 24.3 Å². The Balaban J connectivity index is 2.08. The summed E-state index contributed by atoms with van der Waals surface area (Å²) in [7, 11) is 0. The average Bonchev–Trinajstić information content (AvgIpc) is 2.73. The van der Waals surface area contributed by atoms with Crippen LogP contribution in [0, 0.1) is 0 Å². The highest BCUT2D eigenvalue weighted by atomic mass is 35.5. The van der Waals surface area contributed by atoms with Crippen LogP contribution in [-0.4, -0.2) is 28.8 Å². The number of hydrogen-bond acceptors (Lipinski definition) is 2. The first-order valence-electron chi connectivity index (χ1n) is 6.81. The van der Waals surface area contributed by atoms with Crippen LogP contribution in [0.5, 0.6) is 0 Å². The van der Waals surface area contributed by atoms with Gasteiger partial charge in [0.25, 0.3) is 0 Å². The second-order valence-corrected chi connectivity index (χ2v) is 5.80. The molecule has 0 bridgehead atoms. The van der Waals surface area contributed by atoms with Crippen molar-refractivity contribution in [2.75, 3.05) is 0 Å². The first kappa shape index (κ1) is 14.9. The third-order valence-corrected chi connectivity index (χ3v) is 3.58. The minimum absolute atomic E-state index is 0.0313. The van der Waals surface area contributed by atoms with Gasteiger partial charge in [0.15, 0.2) is 0 Å². The van der Waals surface area contributed by atoms with Crippen molar-refractivity contribution >= 4 is 23.4 Å². The molecule has 1 aromatic carbocycles. The summed E-state index contributed by atoms with van der Waals surface area (Å²) in [5.41, 5.74) is 0.979. The summed E-state index contributed by atoms with van der Waals surface area (Å²) in [5, 5.41) is 3.54. The summed E-state index contributed by atoms with van der Waals surface area (Å²) in [6, 6.07) is 7.06. The normalized spacial score (nSPS) is 18.7. The van der Waals surface area contributed by atoms with Gasteiger partial charge in [0.1, 0.15) is 6.04 Å². The Morgan fingerprint density at radius 3 is 2.65 bits per heavy atom. The van der Waals surface area contributed by atoms with E-state index >= 15 is 0 Å². The van der Waals surface area contributed by atoms with Crippen LogP contribution >= 0.6 is 11.6 Å². The summed E-state index contributed by atoms with van der Waals surface area (Å²) in [5.74, 6) is -0.0383. The number of carbonyl (C=O) groups is 2. The minimum atomic E-state index is -0.361. The summed E-state index contributed by atoms with van der Waals surface area (Å²) in [4.78, 5) is 25.7. The number of amides is 2. The fraction of sp³-hybridized carbons (Fsp3) is 0.467. The van der Waals surface area contributed by atoms with Crippen molar-refractivity contribution in [3.63, 3.8) is 0 Å². The van der Waals surface area contributed by atoms with Crippen LogP contribution in [0.4, 0.5) is 0 Å². The van der Waals surface area contributed by atoms with Crippen molar-refractivity contribution in [2.24, 2.45) is 0 Å². The highest BCUT2D eigenvalue weighted by Crippen LogP contribution is 2.22. The molecule has 0 spiro atoms. The van der Waals surface area contributed by atoms with E-state index in [2.05, 4.69) is 5.32 Å². The summed E-state index contributed by atoms with van der Waals surface area (Å²) in [6.45, 7) is 4.28. The molecule has 4 nitrogen and oxygen atoms in total. The highest BCUT2D eigenvalue weighted by molar-refractivity contribution is 6.30. The zero-order chi connectivity index (χ0) is 14.7. The van der Waals surface area contributed by atoms with Crippen molar-refractivity contribution in [1.82, 2.24) is 10.2 Å². The third-order valence-electron chi connectivity index (χ3n) is 3.33. The Kier molecular flexibility index (Phi) is 4.65. The molecule has 20 heavy (non-hydrogen) atoms. The molecule has 1 aromatic rings. The molecule has 1 atom stereocenters. The molecule has 2 amide bonds. The molecule has 0 unspecified atom stereocenters. The second-order valence-electron chi connectivity index (χ2n) is 5.37. The van der Waals surface area contributed by atoms with Gasteiger partial charge in [-0.25, -0.2) is 0 Å². The van der Waals surface area contributed by atoms with Crippen LogP contribution < -0.4 is 5.32 Å². The smallest absolute Gasteiger partial charge is 0.243 e. The van der Waals surface area contributed by atoms with Gasteiger partial charge in [-0.15, -0.1) is 0 Å². The van der Waals surface area contributed by atoms with Crippen LogP contribution in [-0.2, 0) is 16.1 Å². The van der Waals surface area contributed by atoms with Crippen LogP contribution in [0.25, 0.3) is 0 Å². The molecule has 2 rings (SSSR count). The Bertz CT molecular complexity index is 499. The molecule has 0 saturated carbocycles. The molecule has 1 aliphatic rings. The topological polar surface area (TPSA) is 49.4 Å². The first-order chi connectivity index (χ1) is 9.47. The maximum Gasteiger partial charge on any atom is 0.243 e. The second kappa shape index (κ2) is 6.27. The summed E-state index contributed by atoms with van der Waals surface area (Å²) < 4.78 is 0. The van der Waals surface area contributed by atoms with Crippen molar-refractivity contribution in [3.8, 4) is 0 Å². The van der Waals surface area contributed by atoms with Gasteiger partial charge in [0.05, 0.1) is 0 Å². The van der Waals surface area contributed by atoms with Gasteiger partial charge >= 0.3 is 0 Å². The molecular formula is C15H19ClN2O2. The number of carbonyl (C=O) groups excluding carboxylic acids is 2. The predicted molar refractivity (Wildman–Crippen MR) is 78.3 cm³/mol. The van der Waals surface area contributed by atoms with Crippen molar-refractivity contribution in [1.29, 1.82) is 0 Å². The Morgan fingerprint density at radius 2 is 2.05 bits per heavy atom. The van der Waals surface area contributed by atoms with E-state index in [9.17, 15) is 9.59 Å². The molecule has 1 aliphatic heterocycles. The molecule has 1 saturated heterocycles. The Hall–Kier alpha value is -1.55. The molecule has 5 heteroatoms. The van der Waals surface area contributed by atoms with Crippen molar-refractivity contribution < 1.29 is 9.59 Å². The van der Waals surface area contributed by atoms with E-state index in [1.807, 2.05) is 26.0 Å². The van der Waals surface area contributed by atoms with Crippen LogP contribution in [0.1, 0.15) is 32.3 Å². The number of halogens is 1. The standard InChI is InChI=1S/C15H19ClN2O2/c1-10(2)17-15(20)13-7-8-14(19)18(13)9-11-3-5-12(16)6-4-11/h3-6,10,13H,7-9H2,1-2H3,(H,17,20)/t13-/m1/s1. The van der Waals surface area contributed by atoms with E-state index in [1.54, 1.807) is 17.0 Å². The fourth-order valence-electron chi connectivity index (χ4n) is 2.37. The Morgan fingerprint density at radius 1 is 1.40 bits per heavy atom. The van der Waals surface area contributed by atoms with E-state index in [0.717, 1.165) is 5.56 Å². The van der Waals surface area contributed by atoms with Gasteiger partial charge in [0, 0.05) is 24.0 Å². The van der Waals surface area contributed by atoms with E-state index < -0.39 is 0 Å². The van der Waals surface area contributed by atoms with Gasteiger partial charge < -0.3 is 10.2 Å². The maximum absolute atomic E-state index is 12.1. The molecular weight excluding hydrogens is 276 g/mol. The van der Waals surface area contributed by atoms with Gasteiger partial charge in [-0.05, 0) is 38.0 Å². The van der Waals surface area contributed by atoms with E-state index in [4.69, 9.17) is 11.6 Å². The number of benzene rings is 1. The minimum Gasteiger partial charge on any atom is -0.352 e. The lowest BCUT2D eigenvalue weighted by Gasteiger charge is -2.25. The first-order valence-corrected chi connectivity index (χ1v) is 7.19. The molecule has 1 N–H and O–H groups in total. The highest BCUT2D eigenvalue weighted by Gasteiger charge is 2.35. The molecule has 108 valence electrons. The quantitative estimate of drug-likeness (QED) is 0.927. The predicted octanol–water partition coefficient (Wildman–Crippen LogP) is 2.36. The zero-order valence-corrected chi connectivity index (χ0v) is 12.5. The molecule has 0 radical (unpaired) electrons. The lowest BCUT2D eigenvalue weighted by Crippen LogP contribution is -2.46. The number of likely N-dealkylation sites (tertiary alicyclic amines) is 1. The fourth-order valence-corrected chi connectivity index (χ4v) is 2.50. The summed E-state index contributed by atoms with van der Waals surface area (Å²) in [6.07, 6.45) is 1.02. The van der Waals surface area contributed by atoms with E-state index in [-0.39, 0.29) is 23.9 Å². The van der Waals surface area contributed by atoms with Crippen molar-refractivity contribution in [2.45, 2.75) is 45.3 Å². The van der Waals surface area contributed by atoms with Gasteiger partial charge in [-0.3, -0.25) is 9.59 Å². The lowest BCUT2D eigenvalue weighted by molar-refractivity contribution is -0.136. The zero-order valence-electron chi connectivity index (χ0n) is 11.7. The lowest BCUT2D eigenvalue weighted by atomic mass is 10.1. The molecule has 0 aliphatic carbocycles. The number of nitrogens with zero attached hydrogens (tertiary/aromatic N) is 1. The molecule has 1 heterocycles. The van der Waals surface area contributed by atoms with Crippen LogP contribution in [0.3, 0.4) is 0 Å². The maximum atomic E-state index is 12.1. The largest absolute Gasteiger partial charge is 0.352 e. The average molecular weight is 295 g/mol. The monoisotopic (exact) mass is 294 g/mol. The van der Waals surface area contributed by atoms with Gasteiger partial charge in [-0.1, -0.05) is 23.7 Å². The Labute approximate surface area is 124 Å². The summed E-state index contributed by atoms with van der Waals surface area (Å²) >= 11 is 5.85. The van der Waals surface area contributed by atoms with Gasteiger partial charge in [0.2, 0.25) is 11.8 Å².